The van der Waals surface area contributed by atoms with Crippen molar-refractivity contribution in [2.24, 2.45) is 0 Å². The van der Waals surface area contributed by atoms with Crippen LogP contribution in [0.1, 0.15) is 5.56 Å². The Bertz CT molecular complexity index is 486. The van der Waals surface area contributed by atoms with Crippen LogP contribution in [-0.2, 0) is 0 Å². The van der Waals surface area contributed by atoms with Crippen molar-refractivity contribution in [1.82, 2.24) is 0 Å². The molecular weight excluding hydrogens is 224 g/mol. The van der Waals surface area contributed by atoms with E-state index in [-0.39, 0.29) is 0 Å². The van der Waals surface area contributed by atoms with Gasteiger partial charge in [-0.1, -0.05) is 36.4 Å². The van der Waals surface area contributed by atoms with Crippen molar-refractivity contribution in [2.45, 2.75) is 0 Å². The third-order valence-electron chi connectivity index (χ3n) is 2.43. The molecule has 91 valence electrons. The second-order valence-electron chi connectivity index (χ2n) is 3.70. The molecular formula is C16H15O2. The van der Waals surface area contributed by atoms with Gasteiger partial charge < -0.3 is 9.47 Å². The minimum Gasteiger partial charge on any atom is -0.497 e. The summed E-state index contributed by atoms with van der Waals surface area (Å²) in [7, 11) is 1.64. The molecule has 0 heterocycles. The molecule has 0 amide bonds. The van der Waals surface area contributed by atoms with Gasteiger partial charge in [0.15, 0.2) is 6.61 Å². The molecule has 0 saturated heterocycles. The van der Waals surface area contributed by atoms with Crippen molar-refractivity contribution in [2.75, 3.05) is 7.11 Å². The number of benzene rings is 2. The van der Waals surface area contributed by atoms with Crippen molar-refractivity contribution >= 4 is 6.08 Å². The molecule has 0 spiro atoms. The molecule has 0 saturated carbocycles. The predicted molar refractivity (Wildman–Crippen MR) is 73.4 cm³/mol. The first-order chi connectivity index (χ1) is 8.88. The van der Waals surface area contributed by atoms with Crippen LogP contribution in [0, 0.1) is 6.61 Å². The van der Waals surface area contributed by atoms with Gasteiger partial charge in [-0.25, -0.2) is 0 Å². The van der Waals surface area contributed by atoms with E-state index in [1.54, 1.807) is 13.7 Å². The van der Waals surface area contributed by atoms with Gasteiger partial charge in [0, 0.05) is 0 Å². The molecule has 0 aliphatic carbocycles. The van der Waals surface area contributed by atoms with Gasteiger partial charge in [-0.15, -0.1) is 0 Å². The van der Waals surface area contributed by atoms with E-state index in [9.17, 15) is 0 Å². The molecule has 18 heavy (non-hydrogen) atoms. The zero-order chi connectivity index (χ0) is 12.6. The van der Waals surface area contributed by atoms with E-state index in [2.05, 4.69) is 0 Å². The second-order valence-corrected chi connectivity index (χ2v) is 3.70. The van der Waals surface area contributed by atoms with Crippen LogP contribution in [0.3, 0.4) is 0 Å². The molecule has 2 rings (SSSR count). The fraction of sp³-hybridized carbons (Fsp3) is 0.0625. The zero-order valence-corrected chi connectivity index (χ0v) is 10.2. The van der Waals surface area contributed by atoms with E-state index in [4.69, 9.17) is 9.47 Å². The van der Waals surface area contributed by atoms with Crippen LogP contribution in [0.5, 0.6) is 11.5 Å². The van der Waals surface area contributed by atoms with Gasteiger partial charge in [-0.3, -0.25) is 0 Å². The Morgan fingerprint density at radius 1 is 0.833 bits per heavy atom. The molecule has 0 N–H and O–H groups in total. The van der Waals surface area contributed by atoms with Gasteiger partial charge in [0.25, 0.3) is 0 Å². The molecule has 1 radical (unpaired) electrons. The Kier molecular flexibility index (Phi) is 4.42. The Morgan fingerprint density at radius 2 is 1.50 bits per heavy atom. The summed E-state index contributed by atoms with van der Waals surface area (Å²) in [5, 5.41) is 0. The van der Waals surface area contributed by atoms with Gasteiger partial charge in [0.1, 0.15) is 11.5 Å². The minimum absolute atomic E-state index is 0.786. The largest absolute Gasteiger partial charge is 0.497 e. The molecule has 0 aliphatic heterocycles. The first-order valence-electron chi connectivity index (χ1n) is 5.74. The maximum Gasteiger partial charge on any atom is 0.158 e. The summed E-state index contributed by atoms with van der Waals surface area (Å²) in [5.41, 5.74) is 1.15. The Balaban J connectivity index is 1.83. The standard InChI is InChI=1S/C16H15O2/c1-17-15-9-11-16(12-10-15)18-13-5-8-14-6-3-2-4-7-14/h2-13H,1H3/b8-5+. The van der Waals surface area contributed by atoms with Crippen LogP contribution in [0.4, 0.5) is 0 Å². The molecule has 0 atom stereocenters. The lowest BCUT2D eigenvalue weighted by atomic mass is 10.2. The van der Waals surface area contributed by atoms with Gasteiger partial charge in [-0.2, -0.15) is 0 Å². The van der Waals surface area contributed by atoms with E-state index >= 15 is 0 Å². The summed E-state index contributed by atoms with van der Waals surface area (Å²) in [6, 6.07) is 17.5. The summed E-state index contributed by atoms with van der Waals surface area (Å²) in [6.07, 6.45) is 3.86. The topological polar surface area (TPSA) is 18.5 Å². The Labute approximate surface area is 107 Å². The molecule has 2 aromatic carbocycles. The van der Waals surface area contributed by atoms with E-state index in [0.29, 0.717) is 0 Å². The summed E-state index contributed by atoms with van der Waals surface area (Å²) in [5.74, 6) is 1.61. The molecule has 0 aliphatic rings. The number of ether oxygens (including phenoxy) is 2. The zero-order valence-electron chi connectivity index (χ0n) is 10.2. The number of hydrogen-bond donors (Lipinski definition) is 0. The smallest absolute Gasteiger partial charge is 0.158 e. The fourth-order valence-corrected chi connectivity index (χ4v) is 1.49. The monoisotopic (exact) mass is 239 g/mol. The lowest BCUT2D eigenvalue weighted by Crippen LogP contribution is -1.87. The number of hydrogen-bond acceptors (Lipinski definition) is 2. The lowest BCUT2D eigenvalue weighted by molar-refractivity contribution is 0.409. The average molecular weight is 239 g/mol. The molecule has 0 fully saturated rings. The Hall–Kier alpha value is -2.22. The van der Waals surface area contributed by atoms with Gasteiger partial charge in [0.05, 0.1) is 7.11 Å². The van der Waals surface area contributed by atoms with Crippen LogP contribution in [0.2, 0.25) is 0 Å². The summed E-state index contributed by atoms with van der Waals surface area (Å²) in [6.45, 7) is 1.66. The van der Waals surface area contributed by atoms with Crippen LogP contribution in [-0.4, -0.2) is 7.11 Å². The van der Waals surface area contributed by atoms with E-state index in [0.717, 1.165) is 17.1 Å². The highest BCUT2D eigenvalue weighted by Gasteiger charge is 1.93. The quantitative estimate of drug-likeness (QED) is 0.786. The van der Waals surface area contributed by atoms with Gasteiger partial charge in [0.2, 0.25) is 0 Å². The first-order valence-corrected chi connectivity index (χ1v) is 5.74. The van der Waals surface area contributed by atoms with Crippen LogP contribution in [0.15, 0.2) is 60.7 Å². The third kappa shape index (κ3) is 3.67. The molecule has 2 heteroatoms. The van der Waals surface area contributed by atoms with Crippen molar-refractivity contribution in [3.8, 4) is 11.5 Å². The fourth-order valence-electron chi connectivity index (χ4n) is 1.49. The SMILES string of the molecule is COc1ccc(O[CH]/C=C/c2ccccc2)cc1. The maximum atomic E-state index is 5.46. The molecule has 0 aromatic heterocycles. The molecule has 2 aromatic rings. The molecule has 0 bridgehead atoms. The summed E-state index contributed by atoms with van der Waals surface area (Å²) in [4.78, 5) is 0. The van der Waals surface area contributed by atoms with Gasteiger partial charge >= 0.3 is 0 Å². The predicted octanol–water partition coefficient (Wildman–Crippen LogP) is 3.95. The van der Waals surface area contributed by atoms with E-state index < -0.39 is 0 Å². The average Bonchev–Trinajstić information content (AvgIpc) is 2.45. The van der Waals surface area contributed by atoms with E-state index in [1.807, 2.05) is 66.7 Å². The van der Waals surface area contributed by atoms with Crippen molar-refractivity contribution in [1.29, 1.82) is 0 Å². The molecule has 2 nitrogen and oxygen atoms in total. The second kappa shape index (κ2) is 6.50. The highest BCUT2D eigenvalue weighted by atomic mass is 16.5. The number of methoxy groups -OCH3 is 1. The van der Waals surface area contributed by atoms with Crippen LogP contribution in [0.25, 0.3) is 6.08 Å². The first kappa shape index (κ1) is 12.2. The maximum absolute atomic E-state index is 5.46. The number of rotatable bonds is 5. The van der Waals surface area contributed by atoms with Crippen molar-refractivity contribution in [3.63, 3.8) is 0 Å². The third-order valence-corrected chi connectivity index (χ3v) is 2.43. The van der Waals surface area contributed by atoms with Gasteiger partial charge in [-0.05, 0) is 35.9 Å². The highest BCUT2D eigenvalue weighted by molar-refractivity contribution is 5.49. The summed E-state index contributed by atoms with van der Waals surface area (Å²) >= 11 is 0. The Morgan fingerprint density at radius 3 is 2.17 bits per heavy atom. The van der Waals surface area contributed by atoms with Crippen molar-refractivity contribution in [3.05, 3.63) is 72.8 Å². The minimum atomic E-state index is 0.786. The van der Waals surface area contributed by atoms with Crippen LogP contribution >= 0.6 is 0 Å². The normalized spacial score (nSPS) is 10.5. The summed E-state index contributed by atoms with van der Waals surface area (Å²) < 4.78 is 10.5. The van der Waals surface area contributed by atoms with Crippen molar-refractivity contribution < 1.29 is 9.47 Å². The van der Waals surface area contributed by atoms with E-state index in [1.165, 1.54) is 0 Å². The molecule has 0 unspecified atom stereocenters. The van der Waals surface area contributed by atoms with Crippen LogP contribution < -0.4 is 9.47 Å². The highest BCUT2D eigenvalue weighted by Crippen LogP contribution is 2.17. The lowest BCUT2D eigenvalue weighted by Gasteiger charge is -2.03.